The minimum atomic E-state index is -1.04. The van der Waals surface area contributed by atoms with Gasteiger partial charge in [0.15, 0.2) is 5.69 Å². The third kappa shape index (κ3) is 2.50. The van der Waals surface area contributed by atoms with E-state index in [1.165, 1.54) is 0 Å². The normalized spacial score (nSPS) is 10.6. The lowest BCUT2D eigenvalue weighted by Crippen LogP contribution is -2.26. The quantitative estimate of drug-likeness (QED) is 0.893. The number of hydrogen-bond acceptors (Lipinski definition) is 4. The molecule has 1 N–H and O–H groups in total. The Bertz CT molecular complexity index is 598. The lowest BCUT2D eigenvalue weighted by atomic mass is 10.1. The van der Waals surface area contributed by atoms with Crippen molar-refractivity contribution in [1.82, 2.24) is 10.2 Å². The molecule has 5 heteroatoms. The lowest BCUT2D eigenvalue weighted by Gasteiger charge is -2.24. The van der Waals surface area contributed by atoms with Crippen molar-refractivity contribution in [1.29, 1.82) is 0 Å². The molecule has 0 fully saturated rings. The highest BCUT2D eigenvalue weighted by Gasteiger charge is 2.20. The van der Waals surface area contributed by atoms with Crippen LogP contribution in [0.4, 0.5) is 5.69 Å². The van der Waals surface area contributed by atoms with Gasteiger partial charge in [-0.3, -0.25) is 0 Å². The van der Waals surface area contributed by atoms with Gasteiger partial charge >= 0.3 is 5.97 Å². The minimum absolute atomic E-state index is 0.0222. The number of anilines is 1. The van der Waals surface area contributed by atoms with Crippen molar-refractivity contribution >= 4 is 22.6 Å². The van der Waals surface area contributed by atoms with E-state index in [0.717, 1.165) is 30.4 Å². The van der Waals surface area contributed by atoms with Crippen molar-refractivity contribution in [2.45, 2.75) is 20.3 Å². The smallest absolute Gasteiger partial charge is 0.358 e. The Morgan fingerprint density at radius 2 is 2.00 bits per heavy atom. The molecule has 1 heterocycles. The zero-order valence-electron chi connectivity index (χ0n) is 11.1. The molecule has 0 atom stereocenters. The number of fused-ring (bicyclic) bond motifs is 1. The van der Waals surface area contributed by atoms with E-state index in [0.29, 0.717) is 5.69 Å². The van der Waals surface area contributed by atoms with Gasteiger partial charge in [0.1, 0.15) is 0 Å². The summed E-state index contributed by atoms with van der Waals surface area (Å²) in [4.78, 5) is 13.4. The van der Waals surface area contributed by atoms with Gasteiger partial charge in [0.05, 0.1) is 11.2 Å². The van der Waals surface area contributed by atoms with Gasteiger partial charge in [-0.2, -0.15) is 0 Å². The molecule has 19 heavy (non-hydrogen) atoms. The van der Waals surface area contributed by atoms with Gasteiger partial charge in [0, 0.05) is 18.5 Å². The first-order chi connectivity index (χ1) is 9.19. The molecule has 0 bridgehead atoms. The summed E-state index contributed by atoms with van der Waals surface area (Å²) in [5.74, 6) is -1.04. The van der Waals surface area contributed by atoms with Crippen molar-refractivity contribution in [3.05, 3.63) is 30.0 Å². The van der Waals surface area contributed by atoms with Crippen LogP contribution in [-0.2, 0) is 0 Å². The Hall–Kier alpha value is -2.17. The number of aromatic nitrogens is 2. The van der Waals surface area contributed by atoms with Crippen molar-refractivity contribution in [2.75, 3.05) is 18.0 Å². The first-order valence-electron chi connectivity index (χ1n) is 6.42. The van der Waals surface area contributed by atoms with E-state index in [1.807, 2.05) is 36.1 Å². The Labute approximate surface area is 111 Å². The number of benzene rings is 1. The van der Waals surface area contributed by atoms with E-state index >= 15 is 0 Å². The number of hydrogen-bond donors (Lipinski definition) is 1. The third-order valence-corrected chi connectivity index (χ3v) is 3.04. The van der Waals surface area contributed by atoms with Crippen LogP contribution in [0.1, 0.15) is 30.8 Å². The Morgan fingerprint density at radius 3 is 2.63 bits per heavy atom. The topological polar surface area (TPSA) is 66.3 Å². The van der Waals surface area contributed by atoms with Crippen LogP contribution in [0.2, 0.25) is 0 Å². The number of carbonyl (C=O) groups is 1. The molecule has 2 rings (SSSR count). The molecular formula is C14H17N3O2. The molecule has 0 unspecified atom stereocenters. The van der Waals surface area contributed by atoms with Crippen molar-refractivity contribution < 1.29 is 9.90 Å². The summed E-state index contributed by atoms with van der Waals surface area (Å²) in [6.45, 7) is 5.62. The Morgan fingerprint density at radius 1 is 1.26 bits per heavy atom. The van der Waals surface area contributed by atoms with E-state index in [4.69, 9.17) is 0 Å². The summed E-state index contributed by atoms with van der Waals surface area (Å²) in [6, 6.07) is 7.50. The highest BCUT2D eigenvalue weighted by Crippen LogP contribution is 2.28. The Kier molecular flexibility index (Phi) is 3.94. The van der Waals surface area contributed by atoms with E-state index in [9.17, 15) is 9.90 Å². The average molecular weight is 259 g/mol. The fraction of sp³-hybridized carbons (Fsp3) is 0.357. The number of aromatic carboxylic acids is 1. The lowest BCUT2D eigenvalue weighted by molar-refractivity contribution is 0.0690. The molecule has 0 spiro atoms. The van der Waals surface area contributed by atoms with Crippen molar-refractivity contribution in [3.63, 3.8) is 0 Å². The van der Waals surface area contributed by atoms with Crippen LogP contribution in [-0.4, -0.2) is 34.4 Å². The van der Waals surface area contributed by atoms with Crippen LogP contribution in [0.15, 0.2) is 24.3 Å². The van der Waals surface area contributed by atoms with Gasteiger partial charge in [-0.1, -0.05) is 25.1 Å². The number of rotatable bonds is 5. The zero-order valence-corrected chi connectivity index (χ0v) is 11.1. The third-order valence-electron chi connectivity index (χ3n) is 3.04. The molecule has 100 valence electrons. The van der Waals surface area contributed by atoms with Crippen LogP contribution in [0.5, 0.6) is 0 Å². The van der Waals surface area contributed by atoms with E-state index in [2.05, 4.69) is 17.1 Å². The summed E-state index contributed by atoms with van der Waals surface area (Å²) in [6.07, 6.45) is 0.948. The molecule has 0 aliphatic rings. The summed E-state index contributed by atoms with van der Waals surface area (Å²) >= 11 is 0. The summed E-state index contributed by atoms with van der Waals surface area (Å²) in [5, 5.41) is 18.0. The maximum absolute atomic E-state index is 11.4. The van der Waals surface area contributed by atoms with Crippen LogP contribution >= 0.6 is 0 Å². The summed E-state index contributed by atoms with van der Waals surface area (Å²) in [7, 11) is 0. The van der Waals surface area contributed by atoms with Gasteiger partial charge in [0.2, 0.25) is 0 Å². The number of nitrogens with zero attached hydrogens (tertiary/aromatic N) is 3. The van der Waals surface area contributed by atoms with Crippen LogP contribution < -0.4 is 4.90 Å². The second-order valence-electron chi connectivity index (χ2n) is 4.30. The SMILES string of the molecule is CCCN(CC)c1c(C(=O)O)nnc2ccccc12. The van der Waals surface area contributed by atoms with Crippen LogP contribution in [0.3, 0.4) is 0 Å². The van der Waals surface area contributed by atoms with Gasteiger partial charge in [-0.25, -0.2) is 4.79 Å². The van der Waals surface area contributed by atoms with E-state index in [-0.39, 0.29) is 5.69 Å². The number of carboxylic acid groups (broad SMARTS) is 1. The molecule has 0 amide bonds. The number of carboxylic acids is 1. The highest BCUT2D eigenvalue weighted by molar-refractivity contribution is 6.02. The van der Waals surface area contributed by atoms with E-state index in [1.54, 1.807) is 0 Å². The molecular weight excluding hydrogens is 242 g/mol. The zero-order chi connectivity index (χ0) is 13.8. The van der Waals surface area contributed by atoms with Gasteiger partial charge in [0.25, 0.3) is 0 Å². The maximum atomic E-state index is 11.4. The molecule has 0 aliphatic carbocycles. The monoisotopic (exact) mass is 259 g/mol. The van der Waals surface area contributed by atoms with Gasteiger partial charge in [-0.15, -0.1) is 10.2 Å². The molecule has 0 saturated heterocycles. The molecule has 0 saturated carbocycles. The second-order valence-corrected chi connectivity index (χ2v) is 4.30. The molecule has 0 aliphatic heterocycles. The predicted octanol–water partition coefficient (Wildman–Crippen LogP) is 2.56. The molecule has 1 aromatic heterocycles. The van der Waals surface area contributed by atoms with Gasteiger partial charge < -0.3 is 10.0 Å². The maximum Gasteiger partial charge on any atom is 0.358 e. The average Bonchev–Trinajstić information content (AvgIpc) is 2.43. The van der Waals surface area contributed by atoms with Crippen LogP contribution in [0, 0.1) is 0 Å². The fourth-order valence-electron chi connectivity index (χ4n) is 2.20. The Balaban J connectivity index is 2.71. The van der Waals surface area contributed by atoms with Gasteiger partial charge in [-0.05, 0) is 19.4 Å². The summed E-state index contributed by atoms with van der Waals surface area (Å²) in [5.41, 5.74) is 1.41. The predicted molar refractivity (Wildman–Crippen MR) is 74.7 cm³/mol. The summed E-state index contributed by atoms with van der Waals surface area (Å²) < 4.78 is 0. The van der Waals surface area contributed by atoms with Crippen molar-refractivity contribution in [3.8, 4) is 0 Å². The standard InChI is InChI=1S/C14H17N3O2/c1-3-9-17(4-2)13-10-7-5-6-8-11(10)15-16-12(13)14(18)19/h5-8H,3-4,9H2,1-2H3,(H,18,19). The fourth-order valence-corrected chi connectivity index (χ4v) is 2.20. The first-order valence-corrected chi connectivity index (χ1v) is 6.42. The van der Waals surface area contributed by atoms with Crippen LogP contribution in [0.25, 0.3) is 10.9 Å². The molecule has 2 aromatic rings. The second kappa shape index (κ2) is 5.65. The molecule has 1 aromatic carbocycles. The molecule has 5 nitrogen and oxygen atoms in total. The largest absolute Gasteiger partial charge is 0.476 e. The highest BCUT2D eigenvalue weighted by atomic mass is 16.4. The first kappa shape index (κ1) is 13.3. The van der Waals surface area contributed by atoms with E-state index < -0.39 is 5.97 Å². The molecule has 0 radical (unpaired) electrons. The van der Waals surface area contributed by atoms with Crippen molar-refractivity contribution in [2.24, 2.45) is 0 Å². The minimum Gasteiger partial charge on any atom is -0.476 e.